The van der Waals surface area contributed by atoms with E-state index in [0.717, 1.165) is 24.9 Å². The highest BCUT2D eigenvalue weighted by atomic mass is 32.2. The van der Waals surface area contributed by atoms with Crippen LogP contribution in [0, 0.1) is 0 Å². The van der Waals surface area contributed by atoms with Gasteiger partial charge in [-0.2, -0.15) is 0 Å². The van der Waals surface area contributed by atoms with Crippen LogP contribution in [0.3, 0.4) is 0 Å². The Kier molecular flexibility index (Phi) is 4.37. The predicted molar refractivity (Wildman–Crippen MR) is 87.0 cm³/mol. The van der Waals surface area contributed by atoms with Gasteiger partial charge in [0.25, 0.3) is 0 Å². The van der Waals surface area contributed by atoms with E-state index in [1.807, 2.05) is 12.1 Å². The van der Waals surface area contributed by atoms with E-state index in [1.54, 1.807) is 6.07 Å². The van der Waals surface area contributed by atoms with Crippen LogP contribution in [0.1, 0.15) is 40.5 Å². The lowest BCUT2D eigenvalue weighted by atomic mass is 9.90. The molecule has 0 saturated heterocycles. The highest BCUT2D eigenvalue weighted by Crippen LogP contribution is 2.37. The minimum Gasteiger partial charge on any atom is -0.748 e. The van der Waals surface area contributed by atoms with Gasteiger partial charge in [0.1, 0.15) is 6.04 Å². The number of hydrogen-bond acceptors (Lipinski definition) is 4. The molecule has 8 heteroatoms. The van der Waals surface area contributed by atoms with Crippen molar-refractivity contribution in [1.29, 1.82) is 0 Å². The van der Waals surface area contributed by atoms with Crippen molar-refractivity contribution in [3.8, 4) is 0 Å². The number of benzene rings is 1. The van der Waals surface area contributed by atoms with Crippen molar-refractivity contribution in [2.24, 2.45) is 0 Å². The minimum atomic E-state index is -3.92. The average molecular weight is 352 g/mol. The number of nitrogens with zero attached hydrogens (tertiary/aromatic N) is 1. The Labute approximate surface area is 140 Å². The van der Waals surface area contributed by atoms with Gasteiger partial charge in [0, 0.05) is 23.6 Å². The second-order valence-electron chi connectivity index (χ2n) is 6.28. The molecule has 2 aliphatic rings. The van der Waals surface area contributed by atoms with Gasteiger partial charge in [0.15, 0.2) is 0 Å². The maximum Gasteiger partial charge on any atom is 0.335 e. The number of fused-ring (bicyclic) bond motifs is 3. The van der Waals surface area contributed by atoms with Crippen molar-refractivity contribution in [3.63, 3.8) is 0 Å². The summed E-state index contributed by atoms with van der Waals surface area (Å²) < 4.78 is 29.6. The van der Waals surface area contributed by atoms with Crippen molar-refractivity contribution in [2.75, 3.05) is 12.8 Å². The predicted octanol–water partition coefficient (Wildman–Crippen LogP) is 0.455. The van der Waals surface area contributed by atoms with Crippen LogP contribution < -0.4 is 5.32 Å². The molecule has 0 bridgehead atoms. The molecule has 2 aromatic rings. The van der Waals surface area contributed by atoms with Crippen molar-refractivity contribution in [1.82, 2.24) is 4.57 Å². The van der Waals surface area contributed by atoms with E-state index in [4.69, 9.17) is 18.1 Å². The maximum atomic E-state index is 11.2. The second-order valence-corrected chi connectivity index (χ2v) is 7.69. The van der Waals surface area contributed by atoms with Crippen LogP contribution in [0.15, 0.2) is 18.2 Å². The highest BCUT2D eigenvalue weighted by Gasteiger charge is 2.32. The zero-order valence-corrected chi connectivity index (χ0v) is 14.2. The van der Waals surface area contributed by atoms with E-state index >= 15 is 0 Å². The molecule has 1 unspecified atom stereocenters. The zero-order chi connectivity index (χ0) is 17.5. The zero-order valence-electron chi connectivity index (χ0n) is 13.4. The number of carboxylic acids is 1. The van der Waals surface area contributed by atoms with Crippen molar-refractivity contribution < 1.29 is 28.2 Å². The summed E-state index contributed by atoms with van der Waals surface area (Å²) in [5.74, 6) is -0.836. The first-order chi connectivity index (χ1) is 11.3. The first kappa shape index (κ1) is 16.9. The Morgan fingerprint density at radius 1 is 1.42 bits per heavy atom. The molecule has 130 valence electrons. The SMILES string of the molecule is CS(=O)(=O)[O-].O=C(O)c1ccc2c(c1)c1c3n2CC[NH2+]C3CCC1. The lowest BCUT2D eigenvalue weighted by Gasteiger charge is -2.27. The molecular formula is C16H20N2O5S. The summed E-state index contributed by atoms with van der Waals surface area (Å²) in [6, 6.07) is 6.16. The number of carboxylic acid groups (broad SMARTS) is 1. The van der Waals surface area contributed by atoms with Crippen molar-refractivity contribution >= 4 is 27.0 Å². The summed E-state index contributed by atoms with van der Waals surface area (Å²) >= 11 is 0. The van der Waals surface area contributed by atoms with Gasteiger partial charge in [-0.25, -0.2) is 13.2 Å². The summed E-state index contributed by atoms with van der Waals surface area (Å²) in [6.45, 7) is 2.16. The third-order valence-corrected chi connectivity index (χ3v) is 4.56. The highest BCUT2D eigenvalue weighted by molar-refractivity contribution is 7.84. The molecule has 0 fully saturated rings. The average Bonchev–Trinajstić information content (AvgIpc) is 2.82. The fourth-order valence-corrected chi connectivity index (χ4v) is 3.77. The third-order valence-electron chi connectivity index (χ3n) is 4.56. The first-order valence-electron chi connectivity index (χ1n) is 7.88. The molecule has 1 aliphatic carbocycles. The van der Waals surface area contributed by atoms with Gasteiger partial charge in [-0.05, 0) is 36.6 Å². The maximum absolute atomic E-state index is 11.2. The van der Waals surface area contributed by atoms with E-state index in [-0.39, 0.29) is 0 Å². The van der Waals surface area contributed by atoms with Crippen LogP contribution in [0.25, 0.3) is 10.9 Å². The van der Waals surface area contributed by atoms with Crippen LogP contribution >= 0.6 is 0 Å². The molecule has 1 aliphatic heterocycles. The Hall–Kier alpha value is -1.90. The number of hydrogen-bond donors (Lipinski definition) is 2. The number of quaternary nitrogens is 1. The molecule has 4 rings (SSSR count). The van der Waals surface area contributed by atoms with Gasteiger partial charge in [-0.3, -0.25) is 0 Å². The number of aromatic carboxylic acids is 1. The van der Waals surface area contributed by atoms with Gasteiger partial charge in [0.05, 0.1) is 34.5 Å². The largest absolute Gasteiger partial charge is 0.748 e. The number of rotatable bonds is 1. The van der Waals surface area contributed by atoms with Gasteiger partial charge in [-0.1, -0.05) is 0 Å². The van der Waals surface area contributed by atoms with E-state index in [9.17, 15) is 4.79 Å². The third kappa shape index (κ3) is 3.31. The smallest absolute Gasteiger partial charge is 0.335 e. The van der Waals surface area contributed by atoms with Gasteiger partial charge in [0.2, 0.25) is 0 Å². The molecule has 1 aromatic heterocycles. The number of aromatic nitrogens is 1. The minimum absolute atomic E-state index is 0.401. The standard InChI is InChI=1S/C15H16N2O2.CH4O3S/c18-15(19)9-4-5-13-11(8-9)10-2-1-3-12-14(10)17(13)7-6-16-12;1-5(2,3)4/h4-5,8,12,16H,1-3,6-7H2,(H,18,19);1H3,(H,2,3,4). The van der Waals surface area contributed by atoms with Gasteiger partial charge >= 0.3 is 5.97 Å². The Morgan fingerprint density at radius 3 is 2.79 bits per heavy atom. The lowest BCUT2D eigenvalue weighted by molar-refractivity contribution is -0.704. The Morgan fingerprint density at radius 2 is 2.12 bits per heavy atom. The van der Waals surface area contributed by atoms with Gasteiger partial charge in [-0.15, -0.1) is 0 Å². The van der Waals surface area contributed by atoms with E-state index in [0.29, 0.717) is 17.9 Å². The molecule has 0 amide bonds. The summed E-state index contributed by atoms with van der Waals surface area (Å²) in [6.07, 6.45) is 4.15. The number of nitrogens with two attached hydrogens (primary N) is 1. The fourth-order valence-electron chi connectivity index (χ4n) is 3.77. The fraction of sp³-hybridized carbons (Fsp3) is 0.438. The second kappa shape index (κ2) is 6.19. The molecule has 0 spiro atoms. The van der Waals surface area contributed by atoms with E-state index in [1.165, 1.54) is 29.6 Å². The van der Waals surface area contributed by atoms with Crippen LogP contribution in [0.2, 0.25) is 0 Å². The van der Waals surface area contributed by atoms with Crippen LogP contribution in [-0.2, 0) is 23.1 Å². The molecule has 0 radical (unpaired) electrons. The molecule has 24 heavy (non-hydrogen) atoms. The molecule has 2 heterocycles. The van der Waals surface area contributed by atoms with E-state index < -0.39 is 16.1 Å². The Balaban J connectivity index is 0.000000300. The number of carbonyl (C=O) groups is 1. The molecule has 7 nitrogen and oxygen atoms in total. The summed E-state index contributed by atoms with van der Waals surface area (Å²) in [5.41, 5.74) is 4.47. The summed E-state index contributed by atoms with van der Waals surface area (Å²) in [4.78, 5) is 11.2. The summed E-state index contributed by atoms with van der Waals surface area (Å²) in [7, 11) is -3.92. The van der Waals surface area contributed by atoms with Crippen molar-refractivity contribution in [3.05, 3.63) is 35.0 Å². The Bertz CT molecular complexity index is 891. The monoisotopic (exact) mass is 352 g/mol. The topological polar surface area (TPSA) is 116 Å². The van der Waals surface area contributed by atoms with Crippen LogP contribution in [0.4, 0.5) is 0 Å². The number of aryl methyl sites for hydroxylation is 1. The summed E-state index contributed by atoms with van der Waals surface area (Å²) in [5, 5.41) is 12.8. The van der Waals surface area contributed by atoms with Crippen molar-refractivity contribution in [2.45, 2.75) is 31.8 Å². The molecular weight excluding hydrogens is 332 g/mol. The van der Waals surface area contributed by atoms with E-state index in [2.05, 4.69) is 9.88 Å². The lowest BCUT2D eigenvalue weighted by Crippen LogP contribution is -2.88. The van der Waals surface area contributed by atoms with Gasteiger partial charge < -0.3 is 19.5 Å². The first-order valence-corrected chi connectivity index (χ1v) is 9.70. The molecule has 1 aromatic carbocycles. The normalized spacial score (nSPS) is 19.3. The molecule has 1 atom stereocenters. The van der Waals surface area contributed by atoms with Crippen LogP contribution in [-0.4, -0.2) is 41.4 Å². The molecule has 0 saturated carbocycles. The van der Waals surface area contributed by atoms with Crippen LogP contribution in [0.5, 0.6) is 0 Å². The molecule has 3 N–H and O–H groups in total. The quantitative estimate of drug-likeness (QED) is 0.723.